The molecule has 0 amide bonds. The number of aliphatic hydroxyl groups is 1. The van der Waals surface area contributed by atoms with Crippen molar-refractivity contribution in [1.29, 1.82) is 0 Å². The van der Waals surface area contributed by atoms with Crippen LogP contribution < -0.4 is 5.32 Å². The molecule has 0 unspecified atom stereocenters. The topological polar surface area (TPSA) is 37.2 Å². The summed E-state index contributed by atoms with van der Waals surface area (Å²) in [6.45, 7) is 0.915. The fourth-order valence-electron chi connectivity index (χ4n) is 1.68. The van der Waals surface area contributed by atoms with Gasteiger partial charge in [-0.05, 0) is 24.5 Å². The van der Waals surface area contributed by atoms with Gasteiger partial charge >= 0.3 is 0 Å². The number of hydrogen-bond donors (Lipinski definition) is 2. The fraction of sp³-hybridized carbons (Fsp3) is 0.600. The molecular weight excluding hydrogens is 164 g/mol. The van der Waals surface area contributed by atoms with E-state index in [2.05, 4.69) is 17.6 Å². The number of nitrogens with one attached hydrogen (secondary N) is 1. The Morgan fingerprint density at radius 1 is 1.62 bits per heavy atom. The van der Waals surface area contributed by atoms with E-state index >= 15 is 0 Å². The highest BCUT2D eigenvalue weighted by molar-refractivity contribution is 5.09. The predicted octanol–water partition coefficient (Wildman–Crippen LogP) is 0.638. The molecule has 0 spiro atoms. The zero-order chi connectivity index (χ0) is 9.26. The van der Waals surface area contributed by atoms with Crippen molar-refractivity contribution in [3.05, 3.63) is 24.0 Å². The molecule has 0 aromatic carbocycles. The van der Waals surface area contributed by atoms with Gasteiger partial charge in [-0.2, -0.15) is 0 Å². The summed E-state index contributed by atoms with van der Waals surface area (Å²) in [4.78, 5) is 0. The van der Waals surface area contributed by atoms with Crippen LogP contribution in [0.5, 0.6) is 0 Å². The van der Waals surface area contributed by atoms with Crippen molar-refractivity contribution in [2.24, 2.45) is 7.05 Å². The Balaban J connectivity index is 1.74. The van der Waals surface area contributed by atoms with Crippen molar-refractivity contribution in [3.63, 3.8) is 0 Å². The number of rotatable bonds is 3. The Labute approximate surface area is 78.4 Å². The van der Waals surface area contributed by atoms with Gasteiger partial charge in [-0.15, -0.1) is 0 Å². The van der Waals surface area contributed by atoms with E-state index in [-0.39, 0.29) is 6.10 Å². The maximum atomic E-state index is 9.08. The van der Waals surface area contributed by atoms with Gasteiger partial charge in [0.05, 0.1) is 6.10 Å². The SMILES string of the molecule is Cn1ccc(CNC2CC(O)C2)c1. The summed E-state index contributed by atoms with van der Waals surface area (Å²) in [5.41, 5.74) is 1.31. The summed E-state index contributed by atoms with van der Waals surface area (Å²) in [6, 6.07) is 2.64. The molecule has 2 N–H and O–H groups in total. The molecule has 13 heavy (non-hydrogen) atoms. The Morgan fingerprint density at radius 2 is 2.38 bits per heavy atom. The molecule has 0 atom stereocenters. The van der Waals surface area contributed by atoms with E-state index in [0.717, 1.165) is 19.4 Å². The van der Waals surface area contributed by atoms with Gasteiger partial charge in [0.2, 0.25) is 0 Å². The molecule has 1 fully saturated rings. The van der Waals surface area contributed by atoms with Crippen LogP contribution in [0.25, 0.3) is 0 Å². The van der Waals surface area contributed by atoms with E-state index in [4.69, 9.17) is 5.11 Å². The minimum absolute atomic E-state index is 0.0618. The maximum absolute atomic E-state index is 9.08. The van der Waals surface area contributed by atoms with Crippen molar-refractivity contribution in [1.82, 2.24) is 9.88 Å². The van der Waals surface area contributed by atoms with Crippen LogP contribution in [0, 0.1) is 0 Å². The van der Waals surface area contributed by atoms with Gasteiger partial charge in [0.25, 0.3) is 0 Å². The van der Waals surface area contributed by atoms with E-state index in [1.54, 1.807) is 0 Å². The first kappa shape index (κ1) is 8.78. The van der Waals surface area contributed by atoms with Crippen molar-refractivity contribution < 1.29 is 5.11 Å². The summed E-state index contributed by atoms with van der Waals surface area (Å²) < 4.78 is 2.05. The highest BCUT2D eigenvalue weighted by Crippen LogP contribution is 2.19. The lowest BCUT2D eigenvalue weighted by molar-refractivity contribution is 0.0619. The molecule has 0 radical (unpaired) electrons. The van der Waals surface area contributed by atoms with Crippen molar-refractivity contribution in [2.45, 2.75) is 31.5 Å². The lowest BCUT2D eigenvalue weighted by Crippen LogP contribution is -2.43. The van der Waals surface area contributed by atoms with E-state index in [1.165, 1.54) is 5.56 Å². The Hall–Kier alpha value is -0.800. The normalized spacial score (nSPS) is 27.2. The van der Waals surface area contributed by atoms with Gasteiger partial charge in [0.1, 0.15) is 0 Å². The van der Waals surface area contributed by atoms with Crippen molar-refractivity contribution in [3.8, 4) is 0 Å². The van der Waals surface area contributed by atoms with Crippen LogP contribution in [0.2, 0.25) is 0 Å². The highest BCUT2D eigenvalue weighted by Gasteiger charge is 2.26. The van der Waals surface area contributed by atoms with Gasteiger partial charge in [-0.1, -0.05) is 0 Å². The molecule has 1 aromatic heterocycles. The van der Waals surface area contributed by atoms with Gasteiger partial charge in [0, 0.05) is 32.0 Å². The summed E-state index contributed by atoms with van der Waals surface area (Å²) in [5.74, 6) is 0. The molecule has 1 saturated carbocycles. The average molecular weight is 180 g/mol. The van der Waals surface area contributed by atoms with Gasteiger partial charge in [-0.3, -0.25) is 0 Å². The van der Waals surface area contributed by atoms with Crippen molar-refractivity contribution in [2.75, 3.05) is 0 Å². The third-order valence-corrected chi connectivity index (χ3v) is 2.60. The minimum Gasteiger partial charge on any atom is -0.393 e. The number of aromatic nitrogens is 1. The minimum atomic E-state index is -0.0618. The van der Waals surface area contributed by atoms with E-state index in [0.29, 0.717) is 6.04 Å². The summed E-state index contributed by atoms with van der Waals surface area (Å²) in [7, 11) is 2.02. The molecule has 1 aromatic rings. The third-order valence-electron chi connectivity index (χ3n) is 2.60. The second-order valence-corrected chi connectivity index (χ2v) is 3.89. The second kappa shape index (κ2) is 3.52. The third kappa shape index (κ3) is 2.11. The van der Waals surface area contributed by atoms with E-state index in [1.807, 2.05) is 17.8 Å². The predicted molar refractivity (Wildman–Crippen MR) is 51.3 cm³/mol. The quantitative estimate of drug-likeness (QED) is 0.716. The standard InChI is InChI=1S/C10H16N2O/c1-12-3-2-8(7-12)6-11-9-4-10(13)5-9/h2-3,7,9-11,13H,4-6H2,1H3. The van der Waals surface area contributed by atoms with Crippen molar-refractivity contribution >= 4 is 0 Å². The van der Waals surface area contributed by atoms with Crippen LogP contribution in [0.15, 0.2) is 18.5 Å². The fourth-order valence-corrected chi connectivity index (χ4v) is 1.68. The Kier molecular flexibility index (Phi) is 2.38. The van der Waals surface area contributed by atoms with E-state index < -0.39 is 0 Å². The highest BCUT2D eigenvalue weighted by atomic mass is 16.3. The number of hydrogen-bond acceptors (Lipinski definition) is 2. The zero-order valence-corrected chi connectivity index (χ0v) is 7.90. The lowest BCUT2D eigenvalue weighted by Gasteiger charge is -2.32. The molecule has 3 heteroatoms. The van der Waals surface area contributed by atoms with Crippen LogP contribution >= 0.6 is 0 Å². The van der Waals surface area contributed by atoms with Gasteiger partial charge in [0.15, 0.2) is 0 Å². The molecular formula is C10H16N2O. The molecule has 3 nitrogen and oxygen atoms in total. The maximum Gasteiger partial charge on any atom is 0.0570 e. The Bertz CT molecular complexity index is 276. The first-order valence-electron chi connectivity index (χ1n) is 4.76. The number of nitrogens with zero attached hydrogens (tertiary/aromatic N) is 1. The molecule has 0 bridgehead atoms. The summed E-state index contributed by atoms with van der Waals surface area (Å²) in [5, 5.41) is 12.5. The molecule has 1 heterocycles. The van der Waals surface area contributed by atoms with Crippen LogP contribution in [-0.2, 0) is 13.6 Å². The first-order valence-corrected chi connectivity index (χ1v) is 4.76. The Morgan fingerprint density at radius 3 is 2.92 bits per heavy atom. The molecule has 0 aliphatic heterocycles. The molecule has 1 aliphatic carbocycles. The van der Waals surface area contributed by atoms with Crippen LogP contribution in [0.3, 0.4) is 0 Å². The first-order chi connectivity index (χ1) is 6.24. The number of aryl methyl sites for hydroxylation is 1. The van der Waals surface area contributed by atoms with Gasteiger partial charge in [-0.25, -0.2) is 0 Å². The monoisotopic (exact) mass is 180 g/mol. The number of aliphatic hydroxyl groups excluding tert-OH is 1. The van der Waals surface area contributed by atoms with Crippen LogP contribution in [0.1, 0.15) is 18.4 Å². The average Bonchev–Trinajstić information content (AvgIpc) is 2.43. The van der Waals surface area contributed by atoms with E-state index in [9.17, 15) is 0 Å². The summed E-state index contributed by atoms with van der Waals surface area (Å²) in [6.07, 6.45) is 5.92. The molecule has 2 rings (SSSR count). The lowest BCUT2D eigenvalue weighted by atomic mass is 9.89. The largest absolute Gasteiger partial charge is 0.393 e. The molecule has 72 valence electrons. The van der Waals surface area contributed by atoms with Crippen LogP contribution in [-0.4, -0.2) is 21.8 Å². The molecule has 0 saturated heterocycles. The van der Waals surface area contributed by atoms with Gasteiger partial charge < -0.3 is 15.0 Å². The molecule has 1 aliphatic rings. The zero-order valence-electron chi connectivity index (χ0n) is 7.90. The smallest absolute Gasteiger partial charge is 0.0570 e. The second-order valence-electron chi connectivity index (χ2n) is 3.89. The van der Waals surface area contributed by atoms with Crippen LogP contribution in [0.4, 0.5) is 0 Å². The summed E-state index contributed by atoms with van der Waals surface area (Å²) >= 11 is 0.